The molecule has 3 fully saturated rings. The first kappa shape index (κ1) is 28.4. The molecule has 1 heterocycles. The van der Waals surface area contributed by atoms with Crippen LogP contribution in [0.5, 0.6) is 0 Å². The third-order valence-corrected chi connectivity index (χ3v) is 8.54. The van der Waals surface area contributed by atoms with E-state index in [-0.39, 0.29) is 29.8 Å². The molecule has 1 saturated heterocycles. The maximum Gasteiger partial charge on any atom is 0.408 e. The third-order valence-electron chi connectivity index (χ3n) is 6.70. The van der Waals surface area contributed by atoms with Gasteiger partial charge < -0.3 is 20.7 Å². The smallest absolute Gasteiger partial charge is 0.408 e. The summed E-state index contributed by atoms with van der Waals surface area (Å²) in [6.07, 6.45) is 10.6. The Balaban J connectivity index is 1.36. The number of nitrogens with zero attached hydrogens (tertiary/aromatic N) is 1. The topological polar surface area (TPSA) is 148 Å². The average Bonchev–Trinajstić information content (AvgIpc) is 3.68. The zero-order chi connectivity index (χ0) is 26.5. The van der Waals surface area contributed by atoms with Gasteiger partial charge in [-0.25, -0.2) is 13.2 Å². The van der Waals surface area contributed by atoms with Crippen LogP contribution in [-0.4, -0.2) is 60.8 Å². The lowest BCUT2D eigenvalue weighted by Gasteiger charge is -2.28. The summed E-state index contributed by atoms with van der Waals surface area (Å²) in [5.74, 6) is -0.698. The second-order valence-electron chi connectivity index (χ2n) is 11.2. The maximum atomic E-state index is 13.0. The molecule has 0 aromatic carbocycles. The molecule has 0 aromatic heterocycles. The van der Waals surface area contributed by atoms with E-state index in [2.05, 4.69) is 10.0 Å². The lowest BCUT2D eigenvalue weighted by atomic mass is 10.1. The van der Waals surface area contributed by atoms with Crippen LogP contribution in [0.1, 0.15) is 85.0 Å². The highest BCUT2D eigenvalue weighted by atomic mass is 32.2. The van der Waals surface area contributed by atoms with Gasteiger partial charge in [0.05, 0.1) is 11.4 Å². The minimum Gasteiger partial charge on any atom is -0.444 e. The normalized spacial score (nSPS) is 25.0. The standard InChI is InChI=1S/C25H42N4O6S/c1-25(2,3)35-24(32)27-20(23(31)29-15-9-12-21(29)26)11-8-6-4-5-7-10-17-16-19(17)22(30)28-36(33,34)18-13-14-18/h7,10,17-21H,4-6,8-9,11-16,26H2,1-3H3,(H,27,32)(H,28,30)/b10-7-/t17-,19+,20+,21?/m1/s1. The van der Waals surface area contributed by atoms with Crippen LogP contribution in [-0.2, 0) is 24.3 Å². The van der Waals surface area contributed by atoms with Crippen molar-refractivity contribution in [1.82, 2.24) is 14.9 Å². The number of sulfonamides is 1. The summed E-state index contributed by atoms with van der Waals surface area (Å²) in [6, 6.07) is -0.669. The Morgan fingerprint density at radius 2 is 1.86 bits per heavy atom. The Kier molecular flexibility index (Phi) is 9.43. The predicted molar refractivity (Wildman–Crippen MR) is 136 cm³/mol. The van der Waals surface area contributed by atoms with Crippen molar-refractivity contribution < 1.29 is 27.5 Å². The van der Waals surface area contributed by atoms with Gasteiger partial charge >= 0.3 is 6.09 Å². The van der Waals surface area contributed by atoms with Crippen molar-refractivity contribution in [2.45, 2.75) is 108 Å². The van der Waals surface area contributed by atoms with E-state index in [0.29, 0.717) is 32.2 Å². The van der Waals surface area contributed by atoms with E-state index in [1.54, 1.807) is 25.7 Å². The van der Waals surface area contributed by atoms with Crippen LogP contribution in [0.2, 0.25) is 0 Å². The van der Waals surface area contributed by atoms with Crippen LogP contribution in [0.3, 0.4) is 0 Å². The van der Waals surface area contributed by atoms with Crippen molar-refractivity contribution in [2.75, 3.05) is 6.54 Å². The minimum atomic E-state index is -3.48. The number of nitrogens with two attached hydrogens (primary N) is 1. The molecule has 204 valence electrons. The van der Waals surface area contributed by atoms with Crippen molar-refractivity contribution in [2.24, 2.45) is 17.6 Å². The molecule has 0 radical (unpaired) electrons. The Bertz CT molecular complexity index is 941. The molecule has 36 heavy (non-hydrogen) atoms. The number of rotatable bonds is 12. The Morgan fingerprint density at radius 3 is 2.47 bits per heavy atom. The van der Waals surface area contributed by atoms with E-state index in [4.69, 9.17) is 10.5 Å². The predicted octanol–water partition coefficient (Wildman–Crippen LogP) is 2.54. The molecule has 4 N–H and O–H groups in total. The molecule has 0 bridgehead atoms. The number of carbonyl (C=O) groups excluding carboxylic acids is 3. The van der Waals surface area contributed by atoms with Gasteiger partial charge in [0.15, 0.2) is 0 Å². The Morgan fingerprint density at radius 1 is 1.14 bits per heavy atom. The number of hydrogen-bond donors (Lipinski definition) is 3. The van der Waals surface area contributed by atoms with Crippen molar-refractivity contribution >= 4 is 27.9 Å². The number of likely N-dealkylation sites (tertiary alicyclic amines) is 1. The molecule has 3 rings (SSSR count). The van der Waals surface area contributed by atoms with Crippen LogP contribution in [0.4, 0.5) is 4.79 Å². The molecular weight excluding hydrogens is 484 g/mol. The summed E-state index contributed by atoms with van der Waals surface area (Å²) in [5, 5.41) is 2.34. The van der Waals surface area contributed by atoms with Gasteiger partial charge in [0.1, 0.15) is 11.6 Å². The van der Waals surface area contributed by atoms with E-state index in [0.717, 1.165) is 38.5 Å². The zero-order valence-electron chi connectivity index (χ0n) is 21.7. The van der Waals surface area contributed by atoms with E-state index < -0.39 is 33.0 Å². The van der Waals surface area contributed by atoms with Crippen LogP contribution in [0.25, 0.3) is 0 Å². The fourth-order valence-corrected chi connectivity index (χ4v) is 5.79. The number of alkyl carbamates (subject to hydrolysis) is 1. The van der Waals surface area contributed by atoms with Gasteiger partial charge in [-0.3, -0.25) is 14.3 Å². The van der Waals surface area contributed by atoms with E-state index in [9.17, 15) is 22.8 Å². The van der Waals surface area contributed by atoms with Crippen LogP contribution < -0.4 is 15.8 Å². The van der Waals surface area contributed by atoms with E-state index >= 15 is 0 Å². The number of hydrogen-bond acceptors (Lipinski definition) is 7. The van der Waals surface area contributed by atoms with Gasteiger partial charge in [0.2, 0.25) is 21.8 Å². The lowest BCUT2D eigenvalue weighted by molar-refractivity contribution is -0.134. The van der Waals surface area contributed by atoms with Crippen molar-refractivity contribution in [3.05, 3.63) is 12.2 Å². The lowest BCUT2D eigenvalue weighted by Crippen LogP contribution is -2.52. The fraction of sp³-hybridized carbons (Fsp3) is 0.800. The number of ether oxygens (including phenoxy) is 1. The quantitative estimate of drug-likeness (QED) is 0.261. The fourth-order valence-electron chi connectivity index (χ4n) is 4.44. The molecule has 2 saturated carbocycles. The van der Waals surface area contributed by atoms with Crippen molar-refractivity contribution in [1.29, 1.82) is 0 Å². The van der Waals surface area contributed by atoms with Crippen molar-refractivity contribution in [3.8, 4) is 0 Å². The van der Waals surface area contributed by atoms with Gasteiger partial charge in [-0.1, -0.05) is 25.0 Å². The Labute approximate surface area is 214 Å². The number of amides is 3. The molecule has 11 heteroatoms. The van der Waals surface area contributed by atoms with Gasteiger partial charge in [-0.15, -0.1) is 0 Å². The first-order valence-electron chi connectivity index (χ1n) is 13.1. The second-order valence-corrected chi connectivity index (χ2v) is 13.2. The third kappa shape index (κ3) is 8.76. The monoisotopic (exact) mass is 526 g/mol. The molecule has 0 aromatic rings. The summed E-state index contributed by atoms with van der Waals surface area (Å²) in [5.41, 5.74) is 5.41. The molecule has 4 atom stereocenters. The second kappa shape index (κ2) is 11.9. The Hall–Kier alpha value is -2.14. The van der Waals surface area contributed by atoms with Crippen molar-refractivity contribution in [3.63, 3.8) is 0 Å². The highest BCUT2D eigenvalue weighted by Gasteiger charge is 2.45. The van der Waals surface area contributed by atoms with Crippen LogP contribution in [0, 0.1) is 11.8 Å². The minimum absolute atomic E-state index is 0.101. The van der Waals surface area contributed by atoms with E-state index in [1.165, 1.54) is 0 Å². The SMILES string of the molecule is CC(C)(C)OC(=O)N[C@@H](CCCCC/C=C\[C@@H]1C[C@@H]1C(=O)NS(=O)(=O)C1CC1)C(=O)N1CCCC1N. The molecular formula is C25H42N4O6S. The van der Waals surface area contributed by atoms with E-state index in [1.807, 2.05) is 12.2 Å². The van der Waals surface area contributed by atoms with Gasteiger partial charge in [-0.05, 0) is 78.1 Å². The van der Waals surface area contributed by atoms with Gasteiger partial charge in [0.25, 0.3) is 0 Å². The van der Waals surface area contributed by atoms with Gasteiger partial charge in [-0.2, -0.15) is 0 Å². The molecule has 3 amide bonds. The number of unbranched alkanes of at least 4 members (excludes halogenated alkanes) is 3. The first-order valence-corrected chi connectivity index (χ1v) is 14.7. The highest BCUT2D eigenvalue weighted by Crippen LogP contribution is 2.40. The molecule has 0 spiro atoms. The van der Waals surface area contributed by atoms with Gasteiger partial charge in [0, 0.05) is 12.5 Å². The average molecular weight is 527 g/mol. The highest BCUT2D eigenvalue weighted by molar-refractivity contribution is 7.90. The molecule has 3 aliphatic rings. The summed E-state index contributed by atoms with van der Waals surface area (Å²) in [6.45, 7) is 5.93. The summed E-state index contributed by atoms with van der Waals surface area (Å²) in [7, 11) is -3.48. The largest absolute Gasteiger partial charge is 0.444 e. The number of allylic oxidation sites excluding steroid dienone is 2. The van der Waals surface area contributed by atoms with Crippen LogP contribution in [0.15, 0.2) is 12.2 Å². The zero-order valence-corrected chi connectivity index (χ0v) is 22.5. The maximum absolute atomic E-state index is 13.0. The molecule has 1 aliphatic heterocycles. The molecule has 2 aliphatic carbocycles. The number of nitrogens with one attached hydrogen (secondary N) is 2. The molecule has 1 unspecified atom stereocenters. The first-order chi connectivity index (χ1) is 16.9. The number of carbonyl (C=O) groups is 3. The van der Waals surface area contributed by atoms with Crippen LogP contribution >= 0.6 is 0 Å². The summed E-state index contributed by atoms with van der Waals surface area (Å²) >= 11 is 0. The molecule has 10 nitrogen and oxygen atoms in total. The summed E-state index contributed by atoms with van der Waals surface area (Å²) < 4.78 is 31.3. The summed E-state index contributed by atoms with van der Waals surface area (Å²) in [4.78, 5) is 39.1.